The standard InChI is InChI=1S/C15H18FN3S/c1-11-15(12-4-2-3-5-13(12)16)18-14(20-11)10-19-8-6-17-7-9-19/h2-5,17H,6-10H2,1H3. The lowest BCUT2D eigenvalue weighted by atomic mass is 10.1. The van der Waals surface area contributed by atoms with Gasteiger partial charge in [-0.1, -0.05) is 12.1 Å². The van der Waals surface area contributed by atoms with Gasteiger partial charge in [0.2, 0.25) is 0 Å². The minimum Gasteiger partial charge on any atom is -0.314 e. The van der Waals surface area contributed by atoms with E-state index in [0.29, 0.717) is 5.56 Å². The van der Waals surface area contributed by atoms with E-state index in [2.05, 4.69) is 15.2 Å². The Kier molecular flexibility index (Phi) is 4.10. The molecule has 0 atom stereocenters. The fourth-order valence-electron chi connectivity index (χ4n) is 2.48. The molecule has 0 amide bonds. The highest BCUT2D eigenvalue weighted by Crippen LogP contribution is 2.29. The van der Waals surface area contributed by atoms with Crippen molar-refractivity contribution in [3.8, 4) is 11.3 Å². The summed E-state index contributed by atoms with van der Waals surface area (Å²) in [6.45, 7) is 7.04. The van der Waals surface area contributed by atoms with Gasteiger partial charge in [-0.15, -0.1) is 11.3 Å². The van der Waals surface area contributed by atoms with Gasteiger partial charge < -0.3 is 5.32 Å². The summed E-state index contributed by atoms with van der Waals surface area (Å²) in [7, 11) is 0. The first kappa shape index (κ1) is 13.7. The second-order valence-corrected chi connectivity index (χ2v) is 6.31. The third-order valence-corrected chi connectivity index (χ3v) is 4.49. The topological polar surface area (TPSA) is 28.2 Å². The van der Waals surface area contributed by atoms with Gasteiger partial charge in [0.1, 0.15) is 10.8 Å². The molecule has 1 aliphatic heterocycles. The Morgan fingerprint density at radius 3 is 2.80 bits per heavy atom. The number of nitrogens with one attached hydrogen (secondary N) is 1. The van der Waals surface area contributed by atoms with Gasteiger partial charge in [-0.3, -0.25) is 4.90 Å². The monoisotopic (exact) mass is 291 g/mol. The largest absolute Gasteiger partial charge is 0.314 e. The Labute approximate surface area is 122 Å². The quantitative estimate of drug-likeness (QED) is 0.942. The van der Waals surface area contributed by atoms with Crippen molar-refractivity contribution in [2.24, 2.45) is 0 Å². The number of piperazine rings is 1. The molecule has 1 aromatic carbocycles. The van der Waals surface area contributed by atoms with Crippen LogP contribution in [0.1, 0.15) is 9.88 Å². The number of nitrogens with zero attached hydrogens (tertiary/aromatic N) is 2. The molecule has 0 spiro atoms. The van der Waals surface area contributed by atoms with Gasteiger partial charge in [-0.05, 0) is 19.1 Å². The molecule has 0 unspecified atom stereocenters. The van der Waals surface area contributed by atoms with Crippen molar-refractivity contribution in [3.05, 3.63) is 40.0 Å². The molecule has 2 aromatic rings. The Morgan fingerprint density at radius 2 is 2.05 bits per heavy atom. The van der Waals surface area contributed by atoms with E-state index in [1.54, 1.807) is 23.5 Å². The van der Waals surface area contributed by atoms with Crippen LogP contribution in [-0.4, -0.2) is 36.1 Å². The molecule has 106 valence electrons. The van der Waals surface area contributed by atoms with Crippen molar-refractivity contribution in [1.82, 2.24) is 15.2 Å². The number of hydrogen-bond donors (Lipinski definition) is 1. The molecular weight excluding hydrogens is 273 g/mol. The zero-order chi connectivity index (χ0) is 13.9. The highest BCUT2D eigenvalue weighted by molar-refractivity contribution is 7.12. The first-order valence-corrected chi connectivity index (χ1v) is 7.70. The SMILES string of the molecule is Cc1sc(CN2CCNCC2)nc1-c1ccccc1F. The minimum atomic E-state index is -0.199. The zero-order valence-electron chi connectivity index (χ0n) is 11.5. The van der Waals surface area contributed by atoms with Gasteiger partial charge in [-0.2, -0.15) is 0 Å². The fraction of sp³-hybridized carbons (Fsp3) is 0.400. The van der Waals surface area contributed by atoms with Gasteiger partial charge in [-0.25, -0.2) is 9.37 Å². The maximum atomic E-state index is 13.9. The van der Waals surface area contributed by atoms with Crippen LogP contribution in [0, 0.1) is 12.7 Å². The first-order valence-electron chi connectivity index (χ1n) is 6.88. The molecule has 0 aliphatic carbocycles. The van der Waals surface area contributed by atoms with Crippen molar-refractivity contribution in [1.29, 1.82) is 0 Å². The normalized spacial score (nSPS) is 16.5. The predicted molar refractivity (Wildman–Crippen MR) is 80.4 cm³/mol. The molecule has 5 heteroatoms. The number of aromatic nitrogens is 1. The van der Waals surface area contributed by atoms with E-state index < -0.39 is 0 Å². The Bertz CT molecular complexity index is 591. The van der Waals surface area contributed by atoms with E-state index in [-0.39, 0.29) is 5.82 Å². The van der Waals surface area contributed by atoms with Crippen LogP contribution in [0.25, 0.3) is 11.3 Å². The maximum Gasteiger partial charge on any atom is 0.132 e. The predicted octanol–water partition coefficient (Wildman–Crippen LogP) is 2.66. The smallest absolute Gasteiger partial charge is 0.132 e. The van der Waals surface area contributed by atoms with Gasteiger partial charge in [0, 0.05) is 36.6 Å². The van der Waals surface area contributed by atoms with Gasteiger partial charge in [0.05, 0.1) is 12.2 Å². The van der Waals surface area contributed by atoms with Crippen LogP contribution in [0.5, 0.6) is 0 Å². The fourth-order valence-corrected chi connectivity index (χ4v) is 3.47. The number of benzene rings is 1. The second-order valence-electron chi connectivity index (χ2n) is 5.02. The number of thiazole rings is 1. The average Bonchev–Trinajstić information content (AvgIpc) is 2.81. The molecule has 1 N–H and O–H groups in total. The number of hydrogen-bond acceptors (Lipinski definition) is 4. The van der Waals surface area contributed by atoms with Crippen LogP contribution in [0.4, 0.5) is 4.39 Å². The van der Waals surface area contributed by atoms with E-state index in [1.807, 2.05) is 13.0 Å². The molecule has 3 nitrogen and oxygen atoms in total. The van der Waals surface area contributed by atoms with Crippen LogP contribution in [0.3, 0.4) is 0 Å². The van der Waals surface area contributed by atoms with Crippen LogP contribution in [0.2, 0.25) is 0 Å². The Morgan fingerprint density at radius 1 is 1.30 bits per heavy atom. The lowest BCUT2D eigenvalue weighted by Crippen LogP contribution is -2.42. The van der Waals surface area contributed by atoms with Crippen molar-refractivity contribution < 1.29 is 4.39 Å². The highest BCUT2D eigenvalue weighted by Gasteiger charge is 2.16. The highest BCUT2D eigenvalue weighted by atomic mass is 32.1. The molecule has 3 rings (SSSR count). The molecule has 2 heterocycles. The van der Waals surface area contributed by atoms with Crippen LogP contribution < -0.4 is 5.32 Å². The van der Waals surface area contributed by atoms with Crippen LogP contribution in [0.15, 0.2) is 24.3 Å². The van der Waals surface area contributed by atoms with Gasteiger partial charge in [0.15, 0.2) is 0 Å². The van der Waals surface area contributed by atoms with Crippen LogP contribution >= 0.6 is 11.3 Å². The number of aryl methyl sites for hydroxylation is 1. The molecule has 1 aliphatic rings. The molecule has 1 saturated heterocycles. The summed E-state index contributed by atoms with van der Waals surface area (Å²) in [5.74, 6) is -0.199. The molecule has 0 saturated carbocycles. The lowest BCUT2D eigenvalue weighted by Gasteiger charge is -2.26. The van der Waals surface area contributed by atoms with E-state index in [1.165, 1.54) is 6.07 Å². The summed E-state index contributed by atoms with van der Waals surface area (Å²) in [4.78, 5) is 8.12. The molecule has 20 heavy (non-hydrogen) atoms. The second kappa shape index (κ2) is 5.99. The summed E-state index contributed by atoms with van der Waals surface area (Å²) >= 11 is 1.67. The van der Waals surface area contributed by atoms with Crippen molar-refractivity contribution in [3.63, 3.8) is 0 Å². The summed E-state index contributed by atoms with van der Waals surface area (Å²) in [6, 6.07) is 6.85. The maximum absolute atomic E-state index is 13.9. The minimum absolute atomic E-state index is 0.199. The summed E-state index contributed by atoms with van der Waals surface area (Å²) in [5, 5.41) is 4.41. The summed E-state index contributed by atoms with van der Waals surface area (Å²) in [5.41, 5.74) is 1.39. The molecule has 0 radical (unpaired) electrons. The van der Waals surface area contributed by atoms with E-state index in [9.17, 15) is 4.39 Å². The molecule has 1 fully saturated rings. The average molecular weight is 291 g/mol. The summed E-state index contributed by atoms with van der Waals surface area (Å²) in [6.07, 6.45) is 0. The van der Waals surface area contributed by atoms with Crippen molar-refractivity contribution in [2.75, 3.05) is 26.2 Å². The molecule has 1 aromatic heterocycles. The van der Waals surface area contributed by atoms with Gasteiger partial charge >= 0.3 is 0 Å². The van der Waals surface area contributed by atoms with Gasteiger partial charge in [0.25, 0.3) is 0 Å². The first-order chi connectivity index (χ1) is 9.74. The van der Waals surface area contributed by atoms with Crippen molar-refractivity contribution in [2.45, 2.75) is 13.5 Å². The van der Waals surface area contributed by atoms with E-state index in [0.717, 1.165) is 48.3 Å². The third-order valence-electron chi connectivity index (χ3n) is 3.54. The third kappa shape index (κ3) is 2.90. The zero-order valence-corrected chi connectivity index (χ0v) is 12.3. The number of halogens is 1. The van der Waals surface area contributed by atoms with E-state index in [4.69, 9.17) is 0 Å². The number of rotatable bonds is 3. The Balaban J connectivity index is 1.82. The molecule has 0 bridgehead atoms. The van der Waals surface area contributed by atoms with Crippen molar-refractivity contribution >= 4 is 11.3 Å². The van der Waals surface area contributed by atoms with E-state index >= 15 is 0 Å². The molecular formula is C15H18FN3S. The lowest BCUT2D eigenvalue weighted by molar-refractivity contribution is 0.233. The van der Waals surface area contributed by atoms with Crippen LogP contribution in [-0.2, 0) is 6.54 Å². The summed E-state index contributed by atoms with van der Waals surface area (Å²) < 4.78 is 13.9. The Hall–Kier alpha value is -1.30.